The average Bonchev–Trinajstić information content (AvgIpc) is 3.43. The van der Waals surface area contributed by atoms with Gasteiger partial charge in [0.1, 0.15) is 10.6 Å². The van der Waals surface area contributed by atoms with Crippen molar-refractivity contribution >= 4 is 21.8 Å². The second-order valence-corrected chi connectivity index (χ2v) is 9.80. The van der Waals surface area contributed by atoms with Crippen molar-refractivity contribution in [2.24, 2.45) is 5.92 Å². The summed E-state index contributed by atoms with van der Waals surface area (Å²) in [5, 5.41) is 3.74. The van der Waals surface area contributed by atoms with Crippen LogP contribution in [0.25, 0.3) is 0 Å². The number of amides is 2. The summed E-state index contributed by atoms with van der Waals surface area (Å²) in [6, 6.07) is 3.30. The molecular formula is C20H26N4O6S. The van der Waals surface area contributed by atoms with Gasteiger partial charge in [-0.3, -0.25) is 9.59 Å². The van der Waals surface area contributed by atoms with Crippen LogP contribution in [0.4, 0.5) is 0 Å². The maximum atomic E-state index is 13.0. The van der Waals surface area contributed by atoms with E-state index < -0.39 is 10.0 Å². The maximum Gasteiger partial charge on any atom is 0.289 e. The van der Waals surface area contributed by atoms with E-state index in [1.54, 1.807) is 35.8 Å². The molecule has 4 heterocycles. The van der Waals surface area contributed by atoms with Gasteiger partial charge in [-0.2, -0.15) is 4.31 Å². The lowest BCUT2D eigenvalue weighted by molar-refractivity contribution is -0.138. The van der Waals surface area contributed by atoms with Crippen LogP contribution in [-0.2, 0) is 14.8 Å². The first-order valence-corrected chi connectivity index (χ1v) is 11.8. The first-order chi connectivity index (χ1) is 14.8. The molecule has 0 atom stereocenters. The number of aromatic nitrogens is 1. The van der Waals surface area contributed by atoms with Crippen molar-refractivity contribution in [1.82, 2.24) is 19.3 Å². The third kappa shape index (κ3) is 4.11. The van der Waals surface area contributed by atoms with Crippen molar-refractivity contribution in [3.63, 3.8) is 0 Å². The van der Waals surface area contributed by atoms with Crippen molar-refractivity contribution < 1.29 is 26.9 Å². The van der Waals surface area contributed by atoms with Gasteiger partial charge in [-0.25, -0.2) is 8.42 Å². The van der Waals surface area contributed by atoms with Crippen LogP contribution < -0.4 is 0 Å². The predicted octanol–water partition coefficient (Wildman–Crippen LogP) is 1.27. The Bertz CT molecular complexity index is 1030. The summed E-state index contributed by atoms with van der Waals surface area (Å²) in [6.07, 6.45) is 2.39. The molecule has 0 saturated carbocycles. The number of sulfonamides is 1. The van der Waals surface area contributed by atoms with Crippen molar-refractivity contribution in [1.29, 1.82) is 0 Å². The first kappa shape index (κ1) is 21.6. The summed E-state index contributed by atoms with van der Waals surface area (Å²) in [5.74, 6) is 0.210. The lowest BCUT2D eigenvalue weighted by Crippen LogP contribution is -2.53. The number of hydrogen-bond donors (Lipinski definition) is 0. The molecule has 168 valence electrons. The highest BCUT2D eigenvalue weighted by Gasteiger charge is 2.37. The van der Waals surface area contributed by atoms with Crippen LogP contribution in [0.5, 0.6) is 0 Å². The molecule has 10 nitrogen and oxygen atoms in total. The molecule has 0 spiro atoms. The summed E-state index contributed by atoms with van der Waals surface area (Å²) in [5.41, 5.74) is 0.345. The van der Waals surface area contributed by atoms with Crippen molar-refractivity contribution in [3.05, 3.63) is 35.6 Å². The van der Waals surface area contributed by atoms with Crippen LogP contribution >= 0.6 is 0 Å². The van der Waals surface area contributed by atoms with Crippen LogP contribution in [0.15, 0.2) is 32.2 Å². The summed E-state index contributed by atoms with van der Waals surface area (Å²) in [6.45, 7) is 5.57. The predicted molar refractivity (Wildman–Crippen MR) is 109 cm³/mol. The van der Waals surface area contributed by atoms with Gasteiger partial charge in [0, 0.05) is 45.2 Å². The molecule has 4 rings (SSSR count). The molecule has 2 amide bonds. The Balaban J connectivity index is 1.31. The highest BCUT2D eigenvalue weighted by molar-refractivity contribution is 7.89. The molecule has 2 aromatic rings. The number of piperidine rings is 1. The minimum atomic E-state index is -3.69. The number of furan rings is 1. The zero-order chi connectivity index (χ0) is 22.2. The Morgan fingerprint density at radius 1 is 1.03 bits per heavy atom. The fourth-order valence-electron chi connectivity index (χ4n) is 4.26. The molecule has 0 aliphatic carbocycles. The molecular weight excluding hydrogens is 424 g/mol. The first-order valence-electron chi connectivity index (χ1n) is 10.3. The zero-order valence-electron chi connectivity index (χ0n) is 17.6. The van der Waals surface area contributed by atoms with Gasteiger partial charge in [-0.1, -0.05) is 5.16 Å². The SMILES string of the molecule is Cc1noc(C)c1S(=O)(=O)N1CCC(C(=O)N2CCN(C(=O)c3ccco3)CC2)CC1. The second-order valence-electron chi connectivity index (χ2n) is 7.93. The standard InChI is InChI=1S/C20H26N4O6S/c1-14-18(15(2)30-21-14)31(27,28)24-7-5-16(6-8-24)19(25)22-9-11-23(12-10-22)20(26)17-4-3-13-29-17/h3-4,13,16H,5-12H2,1-2H3. The average molecular weight is 451 g/mol. The number of piperazine rings is 1. The molecule has 2 saturated heterocycles. The van der Waals surface area contributed by atoms with Crippen LogP contribution in [0.1, 0.15) is 34.9 Å². The fourth-order valence-corrected chi connectivity index (χ4v) is 6.02. The summed E-state index contributed by atoms with van der Waals surface area (Å²) in [4.78, 5) is 28.9. The molecule has 0 bridgehead atoms. The third-order valence-electron chi connectivity index (χ3n) is 5.98. The van der Waals surface area contributed by atoms with Crippen LogP contribution in [0, 0.1) is 19.8 Å². The molecule has 0 unspecified atom stereocenters. The number of rotatable bonds is 4. The summed E-state index contributed by atoms with van der Waals surface area (Å²) >= 11 is 0. The van der Waals surface area contributed by atoms with E-state index in [-0.39, 0.29) is 41.5 Å². The van der Waals surface area contributed by atoms with Crippen LogP contribution in [-0.4, -0.2) is 78.8 Å². The van der Waals surface area contributed by atoms with Gasteiger partial charge in [0.2, 0.25) is 15.9 Å². The zero-order valence-corrected chi connectivity index (χ0v) is 18.4. The second kappa shape index (κ2) is 8.46. The Kier molecular flexibility index (Phi) is 5.89. The number of carbonyl (C=O) groups excluding carboxylic acids is 2. The highest BCUT2D eigenvalue weighted by Crippen LogP contribution is 2.28. The van der Waals surface area contributed by atoms with Crippen LogP contribution in [0.3, 0.4) is 0 Å². The van der Waals surface area contributed by atoms with E-state index in [4.69, 9.17) is 8.94 Å². The minimum Gasteiger partial charge on any atom is -0.459 e. The van der Waals surface area contributed by atoms with E-state index in [1.807, 2.05) is 0 Å². The number of aryl methyl sites for hydroxylation is 2. The van der Waals surface area contributed by atoms with E-state index in [0.29, 0.717) is 50.5 Å². The van der Waals surface area contributed by atoms with Gasteiger partial charge in [0.15, 0.2) is 11.5 Å². The van der Waals surface area contributed by atoms with Crippen LogP contribution in [0.2, 0.25) is 0 Å². The van der Waals surface area contributed by atoms with Gasteiger partial charge in [0.25, 0.3) is 5.91 Å². The maximum absolute atomic E-state index is 13.0. The van der Waals surface area contributed by atoms with E-state index in [2.05, 4.69) is 5.16 Å². The number of nitrogens with zero attached hydrogens (tertiary/aromatic N) is 4. The Hall–Kier alpha value is -2.66. The van der Waals surface area contributed by atoms with E-state index in [0.717, 1.165) is 0 Å². The monoisotopic (exact) mass is 450 g/mol. The van der Waals surface area contributed by atoms with Crippen molar-refractivity contribution in [2.75, 3.05) is 39.3 Å². The quantitative estimate of drug-likeness (QED) is 0.688. The lowest BCUT2D eigenvalue weighted by atomic mass is 9.96. The topological polar surface area (TPSA) is 117 Å². The summed E-state index contributed by atoms with van der Waals surface area (Å²) < 4.78 is 37.5. The summed E-state index contributed by atoms with van der Waals surface area (Å²) in [7, 11) is -3.69. The van der Waals surface area contributed by atoms with Gasteiger partial charge in [0.05, 0.1) is 6.26 Å². The van der Waals surface area contributed by atoms with E-state index in [1.165, 1.54) is 10.6 Å². The van der Waals surface area contributed by atoms with E-state index in [9.17, 15) is 18.0 Å². The molecule has 2 aliphatic rings. The van der Waals surface area contributed by atoms with Gasteiger partial charge in [-0.05, 0) is 38.8 Å². The Labute approximate surface area is 180 Å². The normalized spacial score (nSPS) is 19.0. The molecule has 0 aromatic carbocycles. The molecule has 2 fully saturated rings. The smallest absolute Gasteiger partial charge is 0.289 e. The van der Waals surface area contributed by atoms with Gasteiger partial charge in [-0.15, -0.1) is 0 Å². The van der Waals surface area contributed by atoms with Gasteiger partial charge >= 0.3 is 0 Å². The number of carbonyl (C=O) groups is 2. The molecule has 11 heteroatoms. The van der Waals surface area contributed by atoms with Crippen molar-refractivity contribution in [2.45, 2.75) is 31.6 Å². The van der Waals surface area contributed by atoms with Gasteiger partial charge < -0.3 is 18.7 Å². The minimum absolute atomic E-state index is 0.0273. The molecule has 31 heavy (non-hydrogen) atoms. The Morgan fingerprint density at radius 3 is 2.23 bits per heavy atom. The Morgan fingerprint density at radius 2 is 1.68 bits per heavy atom. The third-order valence-corrected chi connectivity index (χ3v) is 8.12. The van der Waals surface area contributed by atoms with E-state index >= 15 is 0 Å². The lowest BCUT2D eigenvalue weighted by Gasteiger charge is -2.38. The highest BCUT2D eigenvalue weighted by atomic mass is 32.2. The molecule has 0 N–H and O–H groups in total. The molecule has 2 aromatic heterocycles. The van der Waals surface area contributed by atoms with Crippen molar-refractivity contribution in [3.8, 4) is 0 Å². The largest absolute Gasteiger partial charge is 0.459 e. The fraction of sp³-hybridized carbons (Fsp3) is 0.550. The number of hydrogen-bond acceptors (Lipinski definition) is 7. The molecule has 2 aliphatic heterocycles. The molecule has 0 radical (unpaired) electrons.